The van der Waals surface area contributed by atoms with Gasteiger partial charge < -0.3 is 9.64 Å². The molecule has 3 heteroatoms. The van der Waals surface area contributed by atoms with Crippen LogP contribution >= 0.6 is 0 Å². The van der Waals surface area contributed by atoms with Crippen molar-refractivity contribution in [1.29, 1.82) is 0 Å². The van der Waals surface area contributed by atoms with Gasteiger partial charge in [-0.05, 0) is 37.5 Å². The molecule has 0 spiro atoms. The molecule has 0 N–H and O–H groups in total. The van der Waals surface area contributed by atoms with Crippen LogP contribution in [0.5, 0.6) is 0 Å². The van der Waals surface area contributed by atoms with Crippen LogP contribution in [0.25, 0.3) is 0 Å². The van der Waals surface area contributed by atoms with Gasteiger partial charge in [-0.15, -0.1) is 0 Å². The first-order chi connectivity index (χ1) is 6.92. The van der Waals surface area contributed by atoms with Crippen molar-refractivity contribution in [3.63, 3.8) is 0 Å². The van der Waals surface area contributed by atoms with E-state index in [4.69, 9.17) is 4.74 Å². The molecule has 1 aliphatic carbocycles. The van der Waals surface area contributed by atoms with E-state index in [1.807, 2.05) is 0 Å². The predicted octanol–water partition coefficient (Wildman–Crippen LogP) is 1.49. The number of nitrogens with zero attached hydrogens (tertiary/aromatic N) is 2. The predicted molar refractivity (Wildman–Crippen MR) is 55.3 cm³/mol. The average molecular weight is 194 g/mol. The van der Waals surface area contributed by atoms with Gasteiger partial charge in [0.05, 0.1) is 6.54 Å². The molecule has 4 aliphatic rings. The van der Waals surface area contributed by atoms with Crippen molar-refractivity contribution in [1.82, 2.24) is 4.90 Å². The maximum absolute atomic E-state index is 5.55. The van der Waals surface area contributed by atoms with Crippen LogP contribution in [0.4, 0.5) is 0 Å². The van der Waals surface area contributed by atoms with Crippen molar-refractivity contribution < 1.29 is 4.74 Å². The topological polar surface area (TPSA) is 24.8 Å². The summed E-state index contributed by atoms with van der Waals surface area (Å²) < 4.78 is 5.55. The molecule has 0 atom stereocenters. The van der Waals surface area contributed by atoms with E-state index in [0.29, 0.717) is 0 Å². The van der Waals surface area contributed by atoms with E-state index in [1.165, 1.54) is 38.8 Å². The summed E-state index contributed by atoms with van der Waals surface area (Å²) in [6.07, 6.45) is 5.70. The molecule has 2 saturated heterocycles. The van der Waals surface area contributed by atoms with E-state index in [1.54, 1.807) is 0 Å². The van der Waals surface area contributed by atoms with Crippen molar-refractivity contribution in [2.45, 2.75) is 25.7 Å². The van der Waals surface area contributed by atoms with Gasteiger partial charge in [-0.3, -0.25) is 0 Å². The van der Waals surface area contributed by atoms with Gasteiger partial charge in [0.1, 0.15) is 6.61 Å². The van der Waals surface area contributed by atoms with Crippen molar-refractivity contribution in [3.8, 4) is 0 Å². The Kier molecular flexibility index (Phi) is 2.11. The van der Waals surface area contributed by atoms with Crippen LogP contribution in [-0.2, 0) is 4.74 Å². The number of amidine groups is 1. The molecule has 0 aromatic carbocycles. The second kappa shape index (κ2) is 3.44. The average Bonchev–Trinajstić information content (AvgIpc) is 2.59. The Morgan fingerprint density at radius 3 is 2.21 bits per heavy atom. The molecular formula is C11H18N2O. The summed E-state index contributed by atoms with van der Waals surface area (Å²) in [6.45, 7) is 4.03. The zero-order valence-electron chi connectivity index (χ0n) is 8.61. The number of fused-ring (bicyclic) bond motifs is 4. The lowest BCUT2D eigenvalue weighted by molar-refractivity contribution is 0.252. The third-order valence-electron chi connectivity index (χ3n) is 3.76. The van der Waals surface area contributed by atoms with Gasteiger partial charge in [-0.25, -0.2) is 4.99 Å². The maximum atomic E-state index is 5.55. The van der Waals surface area contributed by atoms with Gasteiger partial charge >= 0.3 is 0 Å². The lowest BCUT2D eigenvalue weighted by atomic mass is 9.84. The summed E-state index contributed by atoms with van der Waals surface area (Å²) in [7, 11) is 0. The van der Waals surface area contributed by atoms with Crippen LogP contribution in [0.1, 0.15) is 25.7 Å². The fourth-order valence-corrected chi connectivity index (χ4v) is 2.97. The van der Waals surface area contributed by atoms with E-state index < -0.39 is 0 Å². The summed E-state index contributed by atoms with van der Waals surface area (Å²) in [5.74, 6) is 1.81. The Labute approximate surface area is 85.1 Å². The second-order valence-electron chi connectivity index (χ2n) is 4.80. The highest BCUT2D eigenvalue weighted by molar-refractivity contribution is 5.75. The van der Waals surface area contributed by atoms with Crippen LogP contribution in [0, 0.1) is 11.8 Å². The quantitative estimate of drug-likeness (QED) is 0.583. The third-order valence-corrected chi connectivity index (χ3v) is 3.76. The van der Waals surface area contributed by atoms with Crippen LogP contribution < -0.4 is 0 Å². The van der Waals surface area contributed by atoms with Gasteiger partial charge in [0, 0.05) is 13.1 Å². The fourth-order valence-electron chi connectivity index (χ4n) is 2.97. The molecule has 3 nitrogen and oxygen atoms in total. The Hall–Kier alpha value is -0.730. The maximum Gasteiger partial charge on any atom is 0.287 e. The Morgan fingerprint density at radius 1 is 1.07 bits per heavy atom. The molecule has 0 aromatic heterocycles. The number of ether oxygens (including phenoxy) is 1. The summed E-state index contributed by atoms with van der Waals surface area (Å²) in [5.41, 5.74) is 0. The smallest absolute Gasteiger partial charge is 0.287 e. The highest BCUT2D eigenvalue weighted by Gasteiger charge is 2.31. The van der Waals surface area contributed by atoms with Crippen molar-refractivity contribution in [3.05, 3.63) is 0 Å². The molecule has 3 aliphatic heterocycles. The SMILES string of the molecule is C1COC(N2CC3CCC(CC3)C2)=N1. The molecule has 3 heterocycles. The van der Waals surface area contributed by atoms with Crippen LogP contribution in [-0.4, -0.2) is 37.2 Å². The van der Waals surface area contributed by atoms with Gasteiger partial charge in [0.15, 0.2) is 0 Å². The van der Waals surface area contributed by atoms with E-state index >= 15 is 0 Å². The van der Waals surface area contributed by atoms with Crippen LogP contribution in [0.3, 0.4) is 0 Å². The van der Waals surface area contributed by atoms with Crippen LogP contribution in [0.15, 0.2) is 4.99 Å². The summed E-state index contributed by atoms with van der Waals surface area (Å²) >= 11 is 0. The number of hydrogen-bond donors (Lipinski definition) is 0. The fraction of sp³-hybridized carbons (Fsp3) is 0.909. The first-order valence-corrected chi connectivity index (χ1v) is 5.84. The minimum atomic E-state index is 0.793. The Balaban J connectivity index is 1.74. The highest BCUT2D eigenvalue weighted by atomic mass is 16.5. The van der Waals surface area contributed by atoms with Crippen molar-refractivity contribution in [2.75, 3.05) is 26.2 Å². The normalized spacial score (nSPS) is 36.6. The zero-order valence-corrected chi connectivity index (χ0v) is 8.61. The first-order valence-electron chi connectivity index (χ1n) is 5.84. The van der Waals surface area contributed by atoms with Crippen molar-refractivity contribution in [2.24, 2.45) is 16.8 Å². The molecule has 1 saturated carbocycles. The molecule has 2 bridgehead atoms. The lowest BCUT2D eigenvalue weighted by Crippen LogP contribution is -2.34. The van der Waals surface area contributed by atoms with E-state index in [9.17, 15) is 0 Å². The molecule has 0 radical (unpaired) electrons. The van der Waals surface area contributed by atoms with Crippen LogP contribution in [0.2, 0.25) is 0 Å². The summed E-state index contributed by atoms with van der Waals surface area (Å²) in [6, 6.07) is 0.934. The Bertz CT molecular complexity index is 230. The summed E-state index contributed by atoms with van der Waals surface area (Å²) in [4.78, 5) is 6.81. The number of hydrogen-bond acceptors (Lipinski definition) is 3. The largest absolute Gasteiger partial charge is 0.463 e. The third kappa shape index (κ3) is 1.49. The molecular weight excluding hydrogens is 176 g/mol. The molecule has 4 rings (SSSR count). The van der Waals surface area contributed by atoms with E-state index in [-0.39, 0.29) is 0 Å². The minimum absolute atomic E-state index is 0.793. The number of aliphatic imine (C=N–C) groups is 1. The van der Waals surface area contributed by atoms with Gasteiger partial charge in [0.2, 0.25) is 0 Å². The van der Waals surface area contributed by atoms with Gasteiger partial charge in [0.25, 0.3) is 6.02 Å². The van der Waals surface area contributed by atoms with Gasteiger partial charge in [-0.1, -0.05) is 0 Å². The summed E-state index contributed by atoms with van der Waals surface area (Å²) in [5, 5.41) is 0. The van der Waals surface area contributed by atoms with Crippen molar-refractivity contribution >= 4 is 6.02 Å². The lowest BCUT2D eigenvalue weighted by Gasteiger charge is -2.22. The van der Waals surface area contributed by atoms with E-state index in [0.717, 1.165) is 31.0 Å². The monoisotopic (exact) mass is 194 g/mol. The molecule has 0 amide bonds. The molecule has 0 aromatic rings. The highest BCUT2D eigenvalue weighted by Crippen LogP contribution is 2.34. The molecule has 78 valence electrons. The molecule has 3 fully saturated rings. The second-order valence-corrected chi connectivity index (χ2v) is 4.80. The molecule has 0 unspecified atom stereocenters. The standard InChI is InChI=1S/C11H18N2O/c1-2-10-4-3-9(1)7-13(8-10)11-12-5-6-14-11/h9-10H,1-8H2. The molecule has 14 heavy (non-hydrogen) atoms. The first kappa shape index (κ1) is 8.57. The number of rotatable bonds is 0. The van der Waals surface area contributed by atoms with E-state index in [2.05, 4.69) is 9.89 Å². The zero-order chi connectivity index (χ0) is 9.38. The minimum Gasteiger partial charge on any atom is -0.463 e. The Morgan fingerprint density at radius 2 is 1.71 bits per heavy atom. The van der Waals surface area contributed by atoms with Gasteiger partial charge in [-0.2, -0.15) is 0 Å².